The van der Waals surface area contributed by atoms with Crippen molar-refractivity contribution in [2.24, 2.45) is 0 Å². The van der Waals surface area contributed by atoms with Gasteiger partial charge in [-0.25, -0.2) is 4.39 Å². The standard InChI is InChI=1S/C13H13FOS/c1-10-4-5-12(14)13(9-10)15-7-6-11-3-2-8-16-11/h2-5,8-9H,6-7H2,1H3. The molecule has 1 aromatic carbocycles. The summed E-state index contributed by atoms with van der Waals surface area (Å²) in [7, 11) is 0. The van der Waals surface area contributed by atoms with Gasteiger partial charge >= 0.3 is 0 Å². The molecule has 1 heterocycles. The average Bonchev–Trinajstić information content (AvgIpc) is 2.76. The maximum absolute atomic E-state index is 13.3. The zero-order chi connectivity index (χ0) is 11.4. The van der Waals surface area contributed by atoms with Crippen molar-refractivity contribution in [3.05, 3.63) is 52.0 Å². The van der Waals surface area contributed by atoms with Crippen LogP contribution in [0.3, 0.4) is 0 Å². The lowest BCUT2D eigenvalue weighted by atomic mass is 10.2. The summed E-state index contributed by atoms with van der Waals surface area (Å²) in [4.78, 5) is 1.26. The van der Waals surface area contributed by atoms with Gasteiger partial charge in [-0.3, -0.25) is 0 Å². The molecular weight excluding hydrogens is 223 g/mol. The molecule has 0 saturated heterocycles. The highest BCUT2D eigenvalue weighted by Gasteiger charge is 2.03. The highest BCUT2D eigenvalue weighted by atomic mass is 32.1. The molecular formula is C13H13FOS. The Morgan fingerprint density at radius 3 is 2.94 bits per heavy atom. The topological polar surface area (TPSA) is 9.23 Å². The van der Waals surface area contributed by atoms with Gasteiger partial charge in [-0.2, -0.15) is 0 Å². The Kier molecular flexibility index (Phi) is 3.57. The van der Waals surface area contributed by atoms with Crippen molar-refractivity contribution in [1.82, 2.24) is 0 Å². The summed E-state index contributed by atoms with van der Waals surface area (Å²) in [5.74, 6) is 0.0494. The van der Waals surface area contributed by atoms with Crippen molar-refractivity contribution in [2.75, 3.05) is 6.61 Å². The zero-order valence-corrected chi connectivity index (χ0v) is 9.89. The number of halogens is 1. The Hall–Kier alpha value is -1.35. The molecule has 0 aliphatic carbocycles. The van der Waals surface area contributed by atoms with Crippen molar-refractivity contribution in [1.29, 1.82) is 0 Å². The Labute approximate surface area is 98.5 Å². The van der Waals surface area contributed by atoms with Crippen LogP contribution in [-0.2, 0) is 6.42 Å². The maximum atomic E-state index is 13.3. The fourth-order valence-electron chi connectivity index (χ4n) is 1.44. The van der Waals surface area contributed by atoms with Crippen LogP contribution in [0.4, 0.5) is 4.39 Å². The predicted octanol–water partition coefficient (Wildman–Crippen LogP) is 3.82. The second-order valence-electron chi connectivity index (χ2n) is 3.61. The van der Waals surface area contributed by atoms with E-state index in [0.717, 1.165) is 12.0 Å². The van der Waals surface area contributed by atoms with Crippen LogP contribution in [-0.4, -0.2) is 6.61 Å². The molecule has 0 aliphatic heterocycles. The Bertz CT molecular complexity index is 451. The SMILES string of the molecule is Cc1ccc(F)c(OCCc2cccs2)c1. The molecule has 0 saturated carbocycles. The minimum Gasteiger partial charge on any atom is -0.490 e. The number of ether oxygens (including phenoxy) is 1. The molecule has 1 aromatic heterocycles. The van der Waals surface area contributed by atoms with Gasteiger partial charge in [0, 0.05) is 11.3 Å². The highest BCUT2D eigenvalue weighted by Crippen LogP contribution is 2.19. The molecule has 2 aromatic rings. The van der Waals surface area contributed by atoms with Crippen LogP contribution in [0, 0.1) is 12.7 Å². The molecule has 0 aliphatic rings. The summed E-state index contributed by atoms with van der Waals surface area (Å²) in [5, 5.41) is 2.03. The van der Waals surface area contributed by atoms with Crippen LogP contribution < -0.4 is 4.74 Å². The quantitative estimate of drug-likeness (QED) is 0.784. The lowest BCUT2D eigenvalue weighted by molar-refractivity contribution is 0.306. The third kappa shape index (κ3) is 2.83. The predicted molar refractivity (Wildman–Crippen MR) is 64.7 cm³/mol. The normalized spacial score (nSPS) is 10.4. The Balaban J connectivity index is 1.92. The van der Waals surface area contributed by atoms with Crippen LogP contribution in [0.25, 0.3) is 0 Å². The fraction of sp³-hybridized carbons (Fsp3) is 0.231. The minimum absolute atomic E-state index is 0.295. The number of benzene rings is 1. The fourth-order valence-corrected chi connectivity index (χ4v) is 2.13. The molecule has 0 fully saturated rings. The summed E-state index contributed by atoms with van der Waals surface area (Å²) < 4.78 is 18.7. The summed E-state index contributed by atoms with van der Waals surface area (Å²) in [5.41, 5.74) is 1.01. The molecule has 0 unspecified atom stereocenters. The minimum atomic E-state index is -0.295. The average molecular weight is 236 g/mol. The van der Waals surface area contributed by atoms with E-state index in [1.54, 1.807) is 23.5 Å². The summed E-state index contributed by atoms with van der Waals surface area (Å²) >= 11 is 1.69. The molecule has 2 rings (SSSR count). The van der Waals surface area contributed by atoms with Gasteiger partial charge < -0.3 is 4.74 Å². The summed E-state index contributed by atoms with van der Waals surface area (Å²) in [6.45, 7) is 2.44. The van der Waals surface area contributed by atoms with E-state index in [9.17, 15) is 4.39 Å². The van der Waals surface area contributed by atoms with Gasteiger partial charge in [0.2, 0.25) is 0 Å². The molecule has 0 amide bonds. The van der Waals surface area contributed by atoms with E-state index in [-0.39, 0.29) is 5.82 Å². The smallest absolute Gasteiger partial charge is 0.165 e. The largest absolute Gasteiger partial charge is 0.490 e. The van der Waals surface area contributed by atoms with E-state index in [2.05, 4.69) is 6.07 Å². The van der Waals surface area contributed by atoms with Crippen molar-refractivity contribution in [3.8, 4) is 5.75 Å². The van der Waals surface area contributed by atoms with Crippen LogP contribution in [0.1, 0.15) is 10.4 Å². The van der Waals surface area contributed by atoms with Crippen LogP contribution >= 0.6 is 11.3 Å². The van der Waals surface area contributed by atoms with Crippen LogP contribution in [0.15, 0.2) is 35.7 Å². The van der Waals surface area contributed by atoms with Crippen molar-refractivity contribution >= 4 is 11.3 Å². The van der Waals surface area contributed by atoms with Crippen LogP contribution in [0.2, 0.25) is 0 Å². The van der Waals surface area contributed by atoms with Crippen molar-refractivity contribution in [3.63, 3.8) is 0 Å². The first-order chi connectivity index (χ1) is 7.75. The molecule has 0 N–H and O–H groups in total. The van der Waals surface area contributed by atoms with Crippen LogP contribution in [0.5, 0.6) is 5.75 Å². The van der Waals surface area contributed by atoms with Gasteiger partial charge in [0.1, 0.15) is 0 Å². The highest BCUT2D eigenvalue weighted by molar-refractivity contribution is 7.09. The molecule has 1 nitrogen and oxygen atoms in total. The first-order valence-corrected chi connectivity index (χ1v) is 6.05. The zero-order valence-electron chi connectivity index (χ0n) is 9.07. The number of hydrogen-bond donors (Lipinski definition) is 0. The Morgan fingerprint density at radius 2 is 2.19 bits per heavy atom. The molecule has 0 radical (unpaired) electrons. The van der Waals surface area contributed by atoms with E-state index < -0.39 is 0 Å². The molecule has 16 heavy (non-hydrogen) atoms. The lowest BCUT2D eigenvalue weighted by Crippen LogP contribution is -2.01. The van der Waals surface area contributed by atoms with Crippen molar-refractivity contribution < 1.29 is 9.13 Å². The van der Waals surface area contributed by atoms with Gasteiger partial charge in [0.25, 0.3) is 0 Å². The van der Waals surface area contributed by atoms with Gasteiger partial charge in [-0.1, -0.05) is 12.1 Å². The molecule has 3 heteroatoms. The molecule has 84 valence electrons. The first kappa shape index (κ1) is 11.1. The molecule has 0 bridgehead atoms. The van der Waals surface area contributed by atoms with Gasteiger partial charge in [-0.05, 0) is 36.1 Å². The van der Waals surface area contributed by atoms with E-state index in [1.165, 1.54) is 10.9 Å². The van der Waals surface area contributed by atoms with Gasteiger partial charge in [0.05, 0.1) is 6.61 Å². The van der Waals surface area contributed by atoms with E-state index in [1.807, 2.05) is 18.4 Å². The van der Waals surface area contributed by atoms with Gasteiger partial charge in [0.15, 0.2) is 11.6 Å². The second kappa shape index (κ2) is 5.12. The number of aryl methyl sites for hydroxylation is 1. The maximum Gasteiger partial charge on any atom is 0.165 e. The third-order valence-electron chi connectivity index (χ3n) is 2.27. The summed E-state index contributed by atoms with van der Waals surface area (Å²) in [6, 6.07) is 8.97. The van der Waals surface area contributed by atoms with E-state index in [0.29, 0.717) is 12.4 Å². The third-order valence-corrected chi connectivity index (χ3v) is 3.21. The molecule has 0 spiro atoms. The molecule has 0 atom stereocenters. The van der Waals surface area contributed by atoms with Crippen molar-refractivity contribution in [2.45, 2.75) is 13.3 Å². The van der Waals surface area contributed by atoms with Gasteiger partial charge in [-0.15, -0.1) is 11.3 Å². The lowest BCUT2D eigenvalue weighted by Gasteiger charge is -2.07. The van der Waals surface area contributed by atoms with E-state index >= 15 is 0 Å². The monoisotopic (exact) mass is 236 g/mol. The summed E-state index contributed by atoms with van der Waals surface area (Å²) in [6.07, 6.45) is 0.824. The van der Waals surface area contributed by atoms with E-state index in [4.69, 9.17) is 4.74 Å². The Morgan fingerprint density at radius 1 is 1.31 bits per heavy atom. The number of hydrogen-bond acceptors (Lipinski definition) is 2. The number of rotatable bonds is 4. The first-order valence-electron chi connectivity index (χ1n) is 5.17. The number of thiophene rings is 1. The second-order valence-corrected chi connectivity index (χ2v) is 4.64.